The molecule has 0 spiro atoms. The van der Waals surface area contributed by atoms with E-state index in [0.29, 0.717) is 5.46 Å². The van der Waals surface area contributed by atoms with Crippen molar-refractivity contribution in [2.45, 2.75) is 19.9 Å². The summed E-state index contributed by atoms with van der Waals surface area (Å²) < 4.78 is 0. The lowest BCUT2D eigenvalue weighted by Crippen LogP contribution is -2.29. The van der Waals surface area contributed by atoms with Gasteiger partial charge in [0.15, 0.2) is 0 Å². The molecule has 1 aromatic carbocycles. The Hall–Kier alpha value is -0.835. The highest BCUT2D eigenvalue weighted by Crippen LogP contribution is 1.96. The summed E-state index contributed by atoms with van der Waals surface area (Å²) in [4.78, 5) is 0. The van der Waals surface area contributed by atoms with E-state index in [4.69, 9.17) is 10.0 Å². The highest BCUT2D eigenvalue weighted by atomic mass is 16.4. The zero-order valence-corrected chi connectivity index (χ0v) is 8.40. The quantitative estimate of drug-likeness (QED) is 0.450. The first kappa shape index (κ1) is 11.2. The molecule has 3 N–H and O–H groups in total. The van der Waals surface area contributed by atoms with Crippen LogP contribution in [0.15, 0.2) is 24.3 Å². The molecule has 0 aliphatic rings. The van der Waals surface area contributed by atoms with E-state index in [1.165, 1.54) is 0 Å². The average Bonchev–Trinajstić information content (AvgIpc) is 2.19. The summed E-state index contributed by atoms with van der Waals surface area (Å²) in [5.41, 5.74) is 1.69. The molecule has 4 heteroatoms. The van der Waals surface area contributed by atoms with Gasteiger partial charge in [-0.3, -0.25) is 0 Å². The smallest absolute Gasteiger partial charge is 0.423 e. The zero-order valence-electron chi connectivity index (χ0n) is 8.40. The lowest BCUT2D eigenvalue weighted by Gasteiger charge is -2.04. The normalized spacial score (nSPS) is 10.2. The van der Waals surface area contributed by atoms with Gasteiger partial charge in [-0.25, -0.2) is 0 Å². The van der Waals surface area contributed by atoms with Gasteiger partial charge in [-0.2, -0.15) is 0 Å². The fourth-order valence-corrected chi connectivity index (χ4v) is 1.22. The molecule has 0 aliphatic carbocycles. The Bertz CT molecular complexity index is 261. The SMILES string of the molecule is CCCNCc1ccc(B(O)O)cc1. The van der Waals surface area contributed by atoms with E-state index >= 15 is 0 Å². The Morgan fingerprint density at radius 1 is 1.21 bits per heavy atom. The Labute approximate surface area is 84.9 Å². The Morgan fingerprint density at radius 3 is 2.36 bits per heavy atom. The van der Waals surface area contributed by atoms with Crippen molar-refractivity contribution in [1.29, 1.82) is 0 Å². The second-order valence-electron chi connectivity index (χ2n) is 3.29. The summed E-state index contributed by atoms with van der Waals surface area (Å²) in [6.45, 7) is 3.96. The molecule has 14 heavy (non-hydrogen) atoms. The molecule has 0 bridgehead atoms. The molecule has 3 nitrogen and oxygen atoms in total. The van der Waals surface area contributed by atoms with E-state index in [-0.39, 0.29) is 0 Å². The lowest BCUT2D eigenvalue weighted by molar-refractivity contribution is 0.426. The van der Waals surface area contributed by atoms with Gasteiger partial charge in [0.05, 0.1) is 0 Å². The van der Waals surface area contributed by atoms with Gasteiger partial charge in [-0.15, -0.1) is 0 Å². The largest absolute Gasteiger partial charge is 0.488 e. The minimum absolute atomic E-state index is 0.532. The van der Waals surface area contributed by atoms with E-state index in [0.717, 1.165) is 25.1 Å². The van der Waals surface area contributed by atoms with Crippen molar-refractivity contribution in [2.24, 2.45) is 0 Å². The van der Waals surface area contributed by atoms with Gasteiger partial charge in [0.2, 0.25) is 0 Å². The molecule has 1 rings (SSSR count). The summed E-state index contributed by atoms with van der Waals surface area (Å²) >= 11 is 0. The molecule has 0 fully saturated rings. The minimum atomic E-state index is -1.37. The number of nitrogens with one attached hydrogen (secondary N) is 1. The molecule has 0 aliphatic heterocycles. The van der Waals surface area contributed by atoms with Gasteiger partial charge in [-0.1, -0.05) is 31.2 Å². The standard InChI is InChI=1S/C10H16BNO2/c1-2-7-12-8-9-3-5-10(6-4-9)11(13)14/h3-6,12-14H,2,7-8H2,1H3. The van der Waals surface area contributed by atoms with Crippen molar-refractivity contribution in [3.63, 3.8) is 0 Å². The van der Waals surface area contributed by atoms with Crippen molar-refractivity contribution < 1.29 is 10.0 Å². The summed E-state index contributed by atoms with van der Waals surface area (Å²) in [6, 6.07) is 7.26. The van der Waals surface area contributed by atoms with Gasteiger partial charge < -0.3 is 15.4 Å². The third kappa shape index (κ3) is 3.50. The third-order valence-electron chi connectivity index (χ3n) is 2.03. The molecular formula is C10H16BNO2. The maximum absolute atomic E-state index is 8.87. The van der Waals surface area contributed by atoms with Crippen LogP contribution in [0.5, 0.6) is 0 Å². The maximum Gasteiger partial charge on any atom is 0.488 e. The number of rotatable bonds is 5. The van der Waals surface area contributed by atoms with Crippen LogP contribution in [-0.4, -0.2) is 23.7 Å². The first-order valence-corrected chi connectivity index (χ1v) is 4.89. The summed E-state index contributed by atoms with van der Waals surface area (Å²) in [5.74, 6) is 0. The summed E-state index contributed by atoms with van der Waals surface area (Å²) in [6.07, 6.45) is 1.12. The van der Waals surface area contributed by atoms with Crippen molar-refractivity contribution in [2.75, 3.05) is 6.54 Å². The molecular weight excluding hydrogens is 177 g/mol. The zero-order chi connectivity index (χ0) is 10.4. The molecule has 0 amide bonds. The van der Waals surface area contributed by atoms with Crippen LogP contribution in [0.25, 0.3) is 0 Å². The average molecular weight is 193 g/mol. The summed E-state index contributed by atoms with van der Waals surface area (Å²) in [7, 11) is -1.37. The third-order valence-corrected chi connectivity index (χ3v) is 2.03. The monoisotopic (exact) mass is 193 g/mol. The van der Waals surface area contributed by atoms with E-state index in [2.05, 4.69) is 12.2 Å². The topological polar surface area (TPSA) is 52.5 Å². The van der Waals surface area contributed by atoms with Crippen LogP contribution in [0.2, 0.25) is 0 Å². The highest BCUT2D eigenvalue weighted by Gasteiger charge is 2.09. The molecule has 0 unspecified atom stereocenters. The number of hydrogen-bond donors (Lipinski definition) is 3. The van der Waals surface area contributed by atoms with Crippen LogP contribution in [0.1, 0.15) is 18.9 Å². The lowest BCUT2D eigenvalue weighted by atomic mass is 9.80. The van der Waals surface area contributed by atoms with Crippen LogP contribution in [0.3, 0.4) is 0 Å². The van der Waals surface area contributed by atoms with Gasteiger partial charge in [0.25, 0.3) is 0 Å². The van der Waals surface area contributed by atoms with Crippen molar-refractivity contribution in [3.05, 3.63) is 29.8 Å². The van der Waals surface area contributed by atoms with Crippen molar-refractivity contribution in [3.8, 4) is 0 Å². The molecule has 76 valence electrons. The number of benzene rings is 1. The second-order valence-corrected chi connectivity index (χ2v) is 3.29. The predicted molar refractivity (Wildman–Crippen MR) is 58.3 cm³/mol. The van der Waals surface area contributed by atoms with Gasteiger partial charge in [-0.05, 0) is 24.0 Å². The molecule has 0 heterocycles. The van der Waals surface area contributed by atoms with E-state index in [1.54, 1.807) is 12.1 Å². The minimum Gasteiger partial charge on any atom is -0.423 e. The highest BCUT2D eigenvalue weighted by molar-refractivity contribution is 6.58. The van der Waals surface area contributed by atoms with Gasteiger partial charge in [0, 0.05) is 6.54 Å². The molecule has 1 aromatic rings. The first-order valence-electron chi connectivity index (χ1n) is 4.89. The predicted octanol–water partition coefficient (Wildman–Crippen LogP) is -0.134. The molecule has 0 saturated carbocycles. The molecule has 0 radical (unpaired) electrons. The van der Waals surface area contributed by atoms with Crippen LogP contribution in [0, 0.1) is 0 Å². The maximum atomic E-state index is 8.87. The van der Waals surface area contributed by atoms with E-state index < -0.39 is 7.12 Å². The fourth-order valence-electron chi connectivity index (χ4n) is 1.22. The van der Waals surface area contributed by atoms with E-state index in [1.807, 2.05) is 12.1 Å². The molecule has 0 aromatic heterocycles. The van der Waals surface area contributed by atoms with Crippen LogP contribution in [0.4, 0.5) is 0 Å². The van der Waals surface area contributed by atoms with Crippen LogP contribution < -0.4 is 10.8 Å². The van der Waals surface area contributed by atoms with Crippen LogP contribution >= 0.6 is 0 Å². The Balaban J connectivity index is 2.47. The van der Waals surface area contributed by atoms with Gasteiger partial charge >= 0.3 is 7.12 Å². The molecule has 0 atom stereocenters. The van der Waals surface area contributed by atoms with Gasteiger partial charge in [0.1, 0.15) is 0 Å². The fraction of sp³-hybridized carbons (Fsp3) is 0.400. The Kier molecular flexibility index (Phi) is 4.66. The second kappa shape index (κ2) is 5.80. The van der Waals surface area contributed by atoms with E-state index in [9.17, 15) is 0 Å². The Morgan fingerprint density at radius 2 is 1.86 bits per heavy atom. The van der Waals surface area contributed by atoms with Crippen molar-refractivity contribution in [1.82, 2.24) is 5.32 Å². The van der Waals surface area contributed by atoms with Crippen LogP contribution in [-0.2, 0) is 6.54 Å². The van der Waals surface area contributed by atoms with Crippen molar-refractivity contribution >= 4 is 12.6 Å². The summed E-state index contributed by atoms with van der Waals surface area (Å²) in [5, 5.41) is 21.0. The number of hydrogen-bond acceptors (Lipinski definition) is 3. The molecule has 0 saturated heterocycles. The first-order chi connectivity index (χ1) is 6.74.